The molecule has 0 bridgehead atoms. The number of nitrogens with zero attached hydrogens (tertiary/aromatic N) is 2. The van der Waals surface area contributed by atoms with Gasteiger partial charge in [0.15, 0.2) is 0 Å². The van der Waals surface area contributed by atoms with Crippen molar-refractivity contribution in [3.63, 3.8) is 0 Å². The number of carbonyl (C=O) groups excluding carboxylic acids is 2. The Morgan fingerprint density at radius 3 is 2.40 bits per heavy atom. The van der Waals surface area contributed by atoms with Gasteiger partial charge in [0.05, 0.1) is 6.54 Å². The van der Waals surface area contributed by atoms with E-state index >= 15 is 0 Å². The maximum Gasteiger partial charge on any atom is 0.315 e. The smallest absolute Gasteiger partial charge is 0.315 e. The first-order valence-corrected chi connectivity index (χ1v) is 6.57. The SMILES string of the molecule is C=CCNC(=O)CN1CCN(C(=O)C(C)C(=O)O)CC1. The summed E-state index contributed by atoms with van der Waals surface area (Å²) in [6.07, 6.45) is 1.61. The quantitative estimate of drug-likeness (QED) is 0.490. The maximum atomic E-state index is 11.8. The van der Waals surface area contributed by atoms with E-state index in [1.54, 1.807) is 6.08 Å². The lowest BCUT2D eigenvalue weighted by atomic mass is 10.1. The molecule has 1 rings (SSSR count). The molecule has 7 heteroatoms. The zero-order valence-corrected chi connectivity index (χ0v) is 11.7. The molecule has 1 unspecified atom stereocenters. The number of carboxylic acid groups (broad SMARTS) is 1. The van der Waals surface area contributed by atoms with Crippen LogP contribution in [0.3, 0.4) is 0 Å². The fourth-order valence-corrected chi connectivity index (χ4v) is 1.95. The molecule has 0 aromatic heterocycles. The Morgan fingerprint density at radius 1 is 1.30 bits per heavy atom. The minimum atomic E-state index is -1.11. The Labute approximate surface area is 118 Å². The summed E-state index contributed by atoms with van der Waals surface area (Å²) < 4.78 is 0. The van der Waals surface area contributed by atoms with Crippen molar-refractivity contribution in [3.8, 4) is 0 Å². The van der Waals surface area contributed by atoms with Crippen LogP contribution in [0.15, 0.2) is 12.7 Å². The number of nitrogens with one attached hydrogen (secondary N) is 1. The molecule has 0 aromatic carbocycles. The zero-order valence-electron chi connectivity index (χ0n) is 11.7. The molecule has 1 fully saturated rings. The summed E-state index contributed by atoms with van der Waals surface area (Å²) in [5, 5.41) is 11.5. The molecule has 7 nitrogen and oxygen atoms in total. The van der Waals surface area contributed by atoms with Crippen molar-refractivity contribution in [1.29, 1.82) is 0 Å². The average molecular weight is 283 g/mol. The van der Waals surface area contributed by atoms with Crippen LogP contribution >= 0.6 is 0 Å². The van der Waals surface area contributed by atoms with Gasteiger partial charge in [0.2, 0.25) is 11.8 Å². The predicted molar refractivity (Wildman–Crippen MR) is 73.0 cm³/mol. The second-order valence-electron chi connectivity index (χ2n) is 4.75. The van der Waals surface area contributed by atoms with E-state index in [0.717, 1.165) is 0 Å². The molecule has 20 heavy (non-hydrogen) atoms. The highest BCUT2D eigenvalue weighted by atomic mass is 16.4. The highest BCUT2D eigenvalue weighted by molar-refractivity contribution is 5.96. The number of rotatable bonds is 6. The second kappa shape index (κ2) is 7.64. The van der Waals surface area contributed by atoms with Crippen LogP contribution in [0.2, 0.25) is 0 Å². The molecule has 1 aliphatic heterocycles. The Hall–Kier alpha value is -1.89. The topological polar surface area (TPSA) is 90.0 Å². The molecule has 0 saturated carbocycles. The van der Waals surface area contributed by atoms with Gasteiger partial charge < -0.3 is 15.3 Å². The van der Waals surface area contributed by atoms with E-state index in [-0.39, 0.29) is 18.4 Å². The second-order valence-corrected chi connectivity index (χ2v) is 4.75. The summed E-state index contributed by atoms with van der Waals surface area (Å²) >= 11 is 0. The van der Waals surface area contributed by atoms with Crippen molar-refractivity contribution in [2.75, 3.05) is 39.3 Å². The lowest BCUT2D eigenvalue weighted by Gasteiger charge is -2.35. The molecule has 1 aliphatic rings. The number of amides is 2. The molecule has 0 aliphatic carbocycles. The highest BCUT2D eigenvalue weighted by Crippen LogP contribution is 2.07. The van der Waals surface area contributed by atoms with Crippen LogP contribution in [0.1, 0.15) is 6.92 Å². The average Bonchev–Trinajstić information content (AvgIpc) is 2.44. The van der Waals surface area contributed by atoms with Gasteiger partial charge in [-0.3, -0.25) is 19.3 Å². The number of carbonyl (C=O) groups is 3. The summed E-state index contributed by atoms with van der Waals surface area (Å²) in [5.74, 6) is -2.57. The van der Waals surface area contributed by atoms with Gasteiger partial charge in [-0.1, -0.05) is 6.08 Å². The Balaban J connectivity index is 2.36. The van der Waals surface area contributed by atoms with Crippen molar-refractivity contribution < 1.29 is 19.5 Å². The van der Waals surface area contributed by atoms with E-state index in [4.69, 9.17) is 5.11 Å². The minimum Gasteiger partial charge on any atom is -0.481 e. The van der Waals surface area contributed by atoms with E-state index in [1.807, 2.05) is 4.90 Å². The van der Waals surface area contributed by atoms with Gasteiger partial charge in [0, 0.05) is 32.7 Å². The standard InChI is InChI=1S/C13H21N3O4/c1-3-4-14-11(17)9-15-5-7-16(8-6-15)12(18)10(2)13(19)20/h3,10H,1,4-9H2,2H3,(H,14,17)(H,19,20). The van der Waals surface area contributed by atoms with Gasteiger partial charge >= 0.3 is 5.97 Å². The number of carboxylic acids is 1. The van der Waals surface area contributed by atoms with Crippen LogP contribution < -0.4 is 5.32 Å². The van der Waals surface area contributed by atoms with Crippen molar-refractivity contribution in [2.45, 2.75) is 6.92 Å². The van der Waals surface area contributed by atoms with Crippen molar-refractivity contribution in [1.82, 2.24) is 15.1 Å². The Kier molecular flexibility index (Phi) is 6.17. The highest BCUT2D eigenvalue weighted by Gasteiger charge is 2.29. The predicted octanol–water partition coefficient (Wildman–Crippen LogP) is -0.846. The molecule has 1 atom stereocenters. The van der Waals surface area contributed by atoms with E-state index in [9.17, 15) is 14.4 Å². The first-order valence-electron chi connectivity index (χ1n) is 6.57. The molecule has 0 aromatic rings. The van der Waals surface area contributed by atoms with Gasteiger partial charge in [0.1, 0.15) is 5.92 Å². The molecule has 2 N–H and O–H groups in total. The molecule has 0 spiro atoms. The fourth-order valence-electron chi connectivity index (χ4n) is 1.95. The van der Waals surface area contributed by atoms with Crippen LogP contribution in [-0.2, 0) is 14.4 Å². The summed E-state index contributed by atoms with van der Waals surface area (Å²) in [7, 11) is 0. The van der Waals surface area contributed by atoms with E-state index < -0.39 is 11.9 Å². The molecule has 1 heterocycles. The number of aliphatic carboxylic acids is 1. The number of hydrogen-bond donors (Lipinski definition) is 2. The Morgan fingerprint density at radius 2 is 1.90 bits per heavy atom. The number of hydrogen-bond acceptors (Lipinski definition) is 4. The molecular weight excluding hydrogens is 262 g/mol. The van der Waals surface area contributed by atoms with Gasteiger partial charge in [-0.2, -0.15) is 0 Å². The van der Waals surface area contributed by atoms with Crippen LogP contribution in [0, 0.1) is 5.92 Å². The first-order chi connectivity index (χ1) is 9.45. The van der Waals surface area contributed by atoms with Crippen molar-refractivity contribution in [2.24, 2.45) is 5.92 Å². The third-order valence-corrected chi connectivity index (χ3v) is 3.24. The van der Waals surface area contributed by atoms with E-state index in [1.165, 1.54) is 11.8 Å². The van der Waals surface area contributed by atoms with Crippen molar-refractivity contribution in [3.05, 3.63) is 12.7 Å². The third kappa shape index (κ3) is 4.65. The minimum absolute atomic E-state index is 0.0800. The molecule has 1 saturated heterocycles. The summed E-state index contributed by atoms with van der Waals surface area (Å²) in [6, 6.07) is 0. The first kappa shape index (κ1) is 16.2. The van der Waals surface area contributed by atoms with Gasteiger partial charge in [-0.05, 0) is 6.92 Å². The fraction of sp³-hybridized carbons (Fsp3) is 0.615. The maximum absolute atomic E-state index is 11.8. The van der Waals surface area contributed by atoms with Crippen LogP contribution in [0.25, 0.3) is 0 Å². The summed E-state index contributed by atoms with van der Waals surface area (Å²) in [5.41, 5.74) is 0. The lowest BCUT2D eigenvalue weighted by Crippen LogP contribution is -2.52. The van der Waals surface area contributed by atoms with Crippen LogP contribution in [0.5, 0.6) is 0 Å². The Bertz CT molecular complexity index is 389. The zero-order chi connectivity index (χ0) is 15.1. The largest absolute Gasteiger partial charge is 0.481 e. The molecule has 112 valence electrons. The van der Waals surface area contributed by atoms with Gasteiger partial charge in [-0.15, -0.1) is 6.58 Å². The monoisotopic (exact) mass is 283 g/mol. The van der Waals surface area contributed by atoms with E-state index in [0.29, 0.717) is 32.7 Å². The molecule has 2 amide bonds. The molecular formula is C13H21N3O4. The lowest BCUT2D eigenvalue weighted by molar-refractivity contribution is -0.151. The van der Waals surface area contributed by atoms with Crippen LogP contribution in [-0.4, -0.2) is 72.0 Å². The van der Waals surface area contributed by atoms with Gasteiger partial charge in [-0.25, -0.2) is 0 Å². The third-order valence-electron chi connectivity index (χ3n) is 3.24. The molecule has 0 radical (unpaired) electrons. The summed E-state index contributed by atoms with van der Waals surface area (Å²) in [4.78, 5) is 37.6. The summed E-state index contributed by atoms with van der Waals surface area (Å²) in [6.45, 7) is 7.66. The normalized spacial score (nSPS) is 17.4. The van der Waals surface area contributed by atoms with E-state index in [2.05, 4.69) is 11.9 Å². The number of piperazine rings is 1. The van der Waals surface area contributed by atoms with Gasteiger partial charge in [0.25, 0.3) is 0 Å². The van der Waals surface area contributed by atoms with Crippen molar-refractivity contribution >= 4 is 17.8 Å². The van der Waals surface area contributed by atoms with Crippen LogP contribution in [0.4, 0.5) is 0 Å².